The average molecular weight is 385 g/mol. The van der Waals surface area contributed by atoms with Crippen LogP contribution in [0, 0.1) is 6.92 Å². The summed E-state index contributed by atoms with van der Waals surface area (Å²) < 4.78 is 14.7. The van der Waals surface area contributed by atoms with Crippen molar-refractivity contribution in [1.82, 2.24) is 8.96 Å². The molecule has 4 rings (SSSR count). The maximum Gasteiger partial charge on any atom is 0.188 e. The number of nitrogens with one attached hydrogen (secondary N) is 2. The first-order chi connectivity index (χ1) is 13.2. The van der Waals surface area contributed by atoms with Crippen LogP contribution >= 0.6 is 0 Å². The van der Waals surface area contributed by atoms with E-state index in [-0.39, 0.29) is 0 Å². The zero-order valence-corrected chi connectivity index (χ0v) is 16.1. The van der Waals surface area contributed by atoms with Crippen molar-refractivity contribution in [3.05, 3.63) is 48.3 Å². The van der Waals surface area contributed by atoms with Gasteiger partial charge in [0.2, 0.25) is 0 Å². The molecule has 1 fully saturated rings. The Labute approximate surface area is 161 Å². The molecule has 142 valence electrons. The van der Waals surface area contributed by atoms with Gasteiger partial charge in [-0.2, -0.15) is 0 Å². The number of anilines is 2. The maximum atomic E-state index is 13.0. The number of rotatable bonds is 5. The lowest BCUT2D eigenvalue weighted by atomic mass is 9.95. The van der Waals surface area contributed by atoms with E-state index in [1.807, 2.05) is 37.3 Å². The fourth-order valence-corrected chi connectivity index (χ4v) is 4.73. The van der Waals surface area contributed by atoms with E-state index in [2.05, 4.69) is 15.8 Å². The summed E-state index contributed by atoms with van der Waals surface area (Å²) in [6.45, 7) is 2.01. The van der Waals surface area contributed by atoms with E-state index in [9.17, 15) is 9.76 Å². The molecule has 0 bridgehead atoms. The van der Waals surface area contributed by atoms with Crippen molar-refractivity contribution in [1.29, 1.82) is 0 Å². The highest BCUT2D eigenvalue weighted by Crippen LogP contribution is 2.34. The Balaban J connectivity index is 1.72. The van der Waals surface area contributed by atoms with E-state index in [1.165, 1.54) is 19.3 Å². The molecule has 1 atom stereocenters. The van der Waals surface area contributed by atoms with E-state index < -0.39 is 11.4 Å². The quantitative estimate of drug-likeness (QED) is 0.447. The van der Waals surface area contributed by atoms with Gasteiger partial charge in [0, 0.05) is 11.4 Å². The smallest absolute Gasteiger partial charge is 0.188 e. The standard InChI is InChI=1S/C20H24N4O2S/c1-14-7-9-16(10-8-14)27(26)24-12-11-17-19(18(23-25)13-21-20(17)24)22-15-5-3-2-4-6-15/h7-13,15,23,25H,2-6H2,1H3,(H,21,22). The Hall–Kier alpha value is -2.22. The largest absolute Gasteiger partial charge is 0.587 e. The minimum Gasteiger partial charge on any atom is -0.587 e. The summed E-state index contributed by atoms with van der Waals surface area (Å²) in [6, 6.07) is 9.94. The Morgan fingerprint density at radius 2 is 1.89 bits per heavy atom. The molecule has 3 N–H and O–H groups in total. The van der Waals surface area contributed by atoms with Gasteiger partial charge in [0.05, 0.1) is 18.1 Å². The number of hydrogen-bond acceptors (Lipinski definition) is 5. The lowest BCUT2D eigenvalue weighted by Crippen LogP contribution is -2.23. The van der Waals surface area contributed by atoms with Gasteiger partial charge in [0.15, 0.2) is 10.5 Å². The minimum atomic E-state index is -1.38. The van der Waals surface area contributed by atoms with Crippen LogP contribution in [0.1, 0.15) is 37.7 Å². The fraction of sp³-hybridized carbons (Fsp3) is 0.350. The highest BCUT2D eigenvalue weighted by molar-refractivity contribution is 7.90. The molecule has 0 saturated heterocycles. The predicted octanol–water partition coefficient (Wildman–Crippen LogP) is 4.46. The van der Waals surface area contributed by atoms with Gasteiger partial charge in [-0.1, -0.05) is 37.0 Å². The topological polar surface area (TPSA) is 85.2 Å². The summed E-state index contributed by atoms with van der Waals surface area (Å²) >= 11 is -1.38. The van der Waals surface area contributed by atoms with Crippen LogP contribution in [0.2, 0.25) is 0 Å². The normalized spacial score (nSPS) is 16.4. The van der Waals surface area contributed by atoms with Crippen LogP contribution in [0.25, 0.3) is 11.0 Å². The van der Waals surface area contributed by atoms with Crippen molar-refractivity contribution >= 4 is 33.8 Å². The van der Waals surface area contributed by atoms with Crippen LogP contribution in [-0.4, -0.2) is 24.8 Å². The molecule has 0 spiro atoms. The number of aromatic nitrogens is 2. The number of fused-ring (bicyclic) bond motifs is 1. The SMILES string of the molecule is Cc1ccc([S+]([O-])n2ccc3c(NC4CCCCC4)c(NO)cnc32)cc1. The molecule has 1 aliphatic carbocycles. The molecule has 0 aliphatic heterocycles. The first-order valence-corrected chi connectivity index (χ1v) is 10.4. The maximum absolute atomic E-state index is 13.0. The van der Waals surface area contributed by atoms with Crippen LogP contribution in [-0.2, 0) is 11.4 Å². The lowest BCUT2D eigenvalue weighted by Gasteiger charge is -2.25. The summed E-state index contributed by atoms with van der Waals surface area (Å²) in [5.41, 5.74) is 5.35. The Kier molecular flexibility index (Phi) is 5.24. The van der Waals surface area contributed by atoms with Gasteiger partial charge < -0.3 is 9.87 Å². The first-order valence-electron chi connectivity index (χ1n) is 9.33. The average Bonchev–Trinajstić information content (AvgIpc) is 3.13. The second kappa shape index (κ2) is 7.80. The number of hydrogen-bond donors (Lipinski definition) is 3. The molecular formula is C20H24N4O2S. The fourth-order valence-electron chi connectivity index (χ4n) is 3.66. The Morgan fingerprint density at radius 1 is 1.15 bits per heavy atom. The van der Waals surface area contributed by atoms with E-state index in [0.717, 1.165) is 34.4 Å². The number of pyridine rings is 1. The molecule has 27 heavy (non-hydrogen) atoms. The van der Waals surface area contributed by atoms with Gasteiger partial charge in [-0.05, 0) is 38.0 Å². The third-order valence-electron chi connectivity index (χ3n) is 5.16. The van der Waals surface area contributed by atoms with Crippen molar-refractivity contribution in [2.45, 2.75) is 50.0 Å². The van der Waals surface area contributed by atoms with Crippen molar-refractivity contribution in [3.63, 3.8) is 0 Å². The van der Waals surface area contributed by atoms with Crippen LogP contribution in [0.15, 0.2) is 47.6 Å². The zero-order valence-electron chi connectivity index (χ0n) is 15.3. The molecule has 0 radical (unpaired) electrons. The highest BCUT2D eigenvalue weighted by Gasteiger charge is 2.22. The summed E-state index contributed by atoms with van der Waals surface area (Å²) in [5.74, 6) is 0. The minimum absolute atomic E-state index is 0.377. The molecule has 1 aromatic carbocycles. The van der Waals surface area contributed by atoms with Crippen LogP contribution < -0.4 is 10.8 Å². The van der Waals surface area contributed by atoms with Crippen molar-refractivity contribution < 1.29 is 9.76 Å². The number of benzene rings is 1. The number of nitrogens with zero attached hydrogens (tertiary/aromatic N) is 2. The van der Waals surface area contributed by atoms with Gasteiger partial charge in [-0.25, -0.2) is 4.98 Å². The van der Waals surface area contributed by atoms with E-state index in [1.54, 1.807) is 16.4 Å². The highest BCUT2D eigenvalue weighted by atomic mass is 32.2. The van der Waals surface area contributed by atoms with Gasteiger partial charge >= 0.3 is 0 Å². The molecular weight excluding hydrogens is 360 g/mol. The van der Waals surface area contributed by atoms with Crippen LogP contribution in [0.3, 0.4) is 0 Å². The number of aryl methyl sites for hydroxylation is 1. The van der Waals surface area contributed by atoms with Gasteiger partial charge in [-0.3, -0.25) is 10.7 Å². The van der Waals surface area contributed by atoms with Crippen molar-refractivity contribution in [2.75, 3.05) is 10.8 Å². The molecule has 2 aromatic heterocycles. The first kappa shape index (κ1) is 18.2. The van der Waals surface area contributed by atoms with Gasteiger partial charge in [-0.15, -0.1) is 3.97 Å². The molecule has 2 heterocycles. The second-order valence-electron chi connectivity index (χ2n) is 7.08. The third kappa shape index (κ3) is 3.63. The van der Waals surface area contributed by atoms with Crippen LogP contribution in [0.4, 0.5) is 11.4 Å². The summed E-state index contributed by atoms with van der Waals surface area (Å²) in [5, 5.41) is 13.9. The lowest BCUT2D eigenvalue weighted by molar-refractivity contribution is 0.388. The summed E-state index contributed by atoms with van der Waals surface area (Å²) in [7, 11) is 0. The van der Waals surface area contributed by atoms with Crippen molar-refractivity contribution in [2.24, 2.45) is 0 Å². The monoisotopic (exact) mass is 384 g/mol. The molecule has 1 saturated carbocycles. The second-order valence-corrected chi connectivity index (χ2v) is 8.44. The van der Waals surface area contributed by atoms with E-state index >= 15 is 0 Å². The van der Waals surface area contributed by atoms with Gasteiger partial charge in [0.1, 0.15) is 17.0 Å². The third-order valence-corrected chi connectivity index (χ3v) is 6.48. The molecule has 7 heteroatoms. The molecule has 1 aliphatic rings. The molecule has 6 nitrogen and oxygen atoms in total. The van der Waals surface area contributed by atoms with Gasteiger partial charge in [0.25, 0.3) is 0 Å². The summed E-state index contributed by atoms with van der Waals surface area (Å²) in [6.07, 6.45) is 9.31. The van der Waals surface area contributed by atoms with Crippen LogP contribution in [0.5, 0.6) is 0 Å². The Bertz CT molecular complexity index is 920. The van der Waals surface area contributed by atoms with E-state index in [0.29, 0.717) is 17.4 Å². The molecule has 0 amide bonds. The predicted molar refractivity (Wildman–Crippen MR) is 109 cm³/mol. The van der Waals surface area contributed by atoms with Crippen molar-refractivity contribution in [3.8, 4) is 0 Å². The Morgan fingerprint density at radius 3 is 2.59 bits per heavy atom. The summed E-state index contributed by atoms with van der Waals surface area (Å²) in [4.78, 5) is 5.17. The zero-order chi connectivity index (χ0) is 18.8. The molecule has 1 unspecified atom stereocenters. The molecule has 3 aromatic rings. The van der Waals surface area contributed by atoms with E-state index in [4.69, 9.17) is 0 Å².